The van der Waals surface area contributed by atoms with Crippen LogP contribution in [-0.2, 0) is 16.1 Å². The van der Waals surface area contributed by atoms with Gasteiger partial charge in [0.2, 0.25) is 18.6 Å². The van der Waals surface area contributed by atoms with Crippen LogP contribution in [0.2, 0.25) is 0 Å². The SMILES string of the molecule is C[C@H](Sc1nnc(N2CCOCC2)n1-c1ccccc1)C(=O)NCc1ccc2c(c1)OCO2. The van der Waals surface area contributed by atoms with Crippen LogP contribution >= 0.6 is 11.8 Å². The molecule has 172 valence electrons. The third-order valence-corrected chi connectivity index (χ3v) is 6.52. The lowest BCUT2D eigenvalue weighted by Crippen LogP contribution is -2.38. The molecule has 0 spiro atoms. The van der Waals surface area contributed by atoms with E-state index in [1.807, 2.05) is 60.0 Å². The van der Waals surface area contributed by atoms with Crippen molar-refractivity contribution in [1.82, 2.24) is 20.1 Å². The molecule has 5 rings (SSSR count). The number of hydrogen-bond donors (Lipinski definition) is 1. The highest BCUT2D eigenvalue weighted by molar-refractivity contribution is 8.00. The predicted molar refractivity (Wildman–Crippen MR) is 124 cm³/mol. The van der Waals surface area contributed by atoms with Gasteiger partial charge in [0, 0.05) is 19.6 Å². The number of carbonyl (C=O) groups excluding carboxylic acids is 1. The first kappa shape index (κ1) is 21.6. The summed E-state index contributed by atoms with van der Waals surface area (Å²) in [6, 6.07) is 15.6. The van der Waals surface area contributed by atoms with Crippen molar-refractivity contribution in [3.05, 3.63) is 54.1 Å². The van der Waals surface area contributed by atoms with Crippen molar-refractivity contribution in [2.45, 2.75) is 23.9 Å². The van der Waals surface area contributed by atoms with Gasteiger partial charge in [-0.25, -0.2) is 0 Å². The summed E-state index contributed by atoms with van der Waals surface area (Å²) in [4.78, 5) is 15.0. The third-order valence-electron chi connectivity index (χ3n) is 5.48. The Morgan fingerprint density at radius 3 is 2.70 bits per heavy atom. The number of ether oxygens (including phenoxy) is 3. The highest BCUT2D eigenvalue weighted by Gasteiger charge is 2.25. The molecule has 0 radical (unpaired) electrons. The van der Waals surface area contributed by atoms with E-state index in [0.29, 0.717) is 30.7 Å². The molecule has 2 aliphatic heterocycles. The van der Waals surface area contributed by atoms with Crippen LogP contribution in [0, 0.1) is 0 Å². The largest absolute Gasteiger partial charge is 0.454 e. The number of benzene rings is 2. The van der Waals surface area contributed by atoms with Gasteiger partial charge in [0.15, 0.2) is 16.7 Å². The zero-order valence-corrected chi connectivity index (χ0v) is 19.1. The lowest BCUT2D eigenvalue weighted by Gasteiger charge is -2.28. The van der Waals surface area contributed by atoms with Crippen molar-refractivity contribution in [1.29, 1.82) is 0 Å². The number of hydrogen-bond acceptors (Lipinski definition) is 8. The minimum absolute atomic E-state index is 0.0757. The van der Waals surface area contributed by atoms with Crippen molar-refractivity contribution >= 4 is 23.6 Å². The minimum Gasteiger partial charge on any atom is -0.454 e. The zero-order chi connectivity index (χ0) is 22.6. The Bertz CT molecular complexity index is 1120. The van der Waals surface area contributed by atoms with Crippen molar-refractivity contribution in [2.24, 2.45) is 0 Å². The van der Waals surface area contributed by atoms with Crippen LogP contribution < -0.4 is 19.7 Å². The van der Waals surface area contributed by atoms with Gasteiger partial charge in [-0.3, -0.25) is 9.36 Å². The number of amides is 1. The van der Waals surface area contributed by atoms with Crippen molar-refractivity contribution in [3.8, 4) is 17.2 Å². The molecule has 1 fully saturated rings. The maximum absolute atomic E-state index is 12.8. The van der Waals surface area contributed by atoms with Crippen LogP contribution in [0.4, 0.5) is 5.95 Å². The van der Waals surface area contributed by atoms with Gasteiger partial charge in [-0.15, -0.1) is 10.2 Å². The van der Waals surface area contributed by atoms with Gasteiger partial charge in [0.1, 0.15) is 0 Å². The Morgan fingerprint density at radius 1 is 1.09 bits per heavy atom. The van der Waals surface area contributed by atoms with Crippen molar-refractivity contribution < 1.29 is 19.0 Å². The number of rotatable bonds is 7. The molecule has 1 N–H and O–H groups in total. The first-order chi connectivity index (χ1) is 16.2. The van der Waals surface area contributed by atoms with Gasteiger partial charge in [-0.05, 0) is 36.8 Å². The summed E-state index contributed by atoms with van der Waals surface area (Å²) in [6.07, 6.45) is 0. The van der Waals surface area contributed by atoms with E-state index in [1.54, 1.807) is 0 Å². The fourth-order valence-corrected chi connectivity index (χ4v) is 4.59. The number of nitrogens with one attached hydrogen (secondary N) is 1. The Hall–Kier alpha value is -3.24. The highest BCUT2D eigenvalue weighted by Crippen LogP contribution is 2.33. The Morgan fingerprint density at radius 2 is 1.88 bits per heavy atom. The maximum atomic E-state index is 12.8. The fourth-order valence-electron chi connectivity index (χ4n) is 3.71. The van der Waals surface area contributed by atoms with Gasteiger partial charge in [0.05, 0.1) is 24.2 Å². The summed E-state index contributed by atoms with van der Waals surface area (Å²) in [7, 11) is 0. The Labute approximate surface area is 196 Å². The van der Waals surface area contributed by atoms with Crippen molar-refractivity contribution in [2.75, 3.05) is 38.0 Å². The molecule has 0 saturated carbocycles. The lowest BCUT2D eigenvalue weighted by atomic mass is 10.2. The molecule has 9 nitrogen and oxygen atoms in total. The van der Waals surface area contributed by atoms with E-state index in [1.165, 1.54) is 11.8 Å². The number of carbonyl (C=O) groups is 1. The van der Waals surface area contributed by atoms with Crippen LogP contribution in [0.25, 0.3) is 5.69 Å². The number of aromatic nitrogens is 3. The van der Waals surface area contributed by atoms with Crippen LogP contribution in [0.1, 0.15) is 12.5 Å². The first-order valence-corrected chi connectivity index (χ1v) is 11.7. The molecule has 0 unspecified atom stereocenters. The Kier molecular flexibility index (Phi) is 6.36. The monoisotopic (exact) mass is 467 g/mol. The second-order valence-electron chi connectivity index (χ2n) is 7.72. The lowest BCUT2D eigenvalue weighted by molar-refractivity contribution is -0.120. The molecule has 2 aromatic carbocycles. The van der Waals surface area contributed by atoms with E-state index < -0.39 is 0 Å². The summed E-state index contributed by atoms with van der Waals surface area (Å²) in [5, 5.41) is 12.2. The van der Waals surface area contributed by atoms with E-state index in [9.17, 15) is 4.79 Å². The number of para-hydroxylation sites is 1. The molecular formula is C23H25N5O4S. The zero-order valence-electron chi connectivity index (χ0n) is 18.3. The van der Waals surface area contributed by atoms with E-state index in [2.05, 4.69) is 20.4 Å². The van der Waals surface area contributed by atoms with Crippen LogP contribution in [-0.4, -0.2) is 59.0 Å². The molecule has 1 aromatic heterocycles. The molecule has 3 aromatic rings. The molecule has 1 saturated heterocycles. The second-order valence-corrected chi connectivity index (χ2v) is 9.03. The standard InChI is InChI=1S/C23H25N5O4S/c1-16(21(29)24-14-17-7-8-19-20(13-17)32-15-31-19)33-23-26-25-22(27-9-11-30-12-10-27)28(23)18-5-3-2-4-6-18/h2-8,13,16H,9-12,14-15H2,1H3,(H,24,29)/t16-/m0/s1. The second kappa shape index (κ2) is 9.72. The average molecular weight is 468 g/mol. The van der Waals surface area contributed by atoms with Gasteiger partial charge in [-0.1, -0.05) is 36.0 Å². The maximum Gasteiger partial charge on any atom is 0.233 e. The number of fused-ring (bicyclic) bond motifs is 1. The van der Waals surface area contributed by atoms with E-state index in [4.69, 9.17) is 14.2 Å². The van der Waals surface area contributed by atoms with Crippen LogP contribution in [0.3, 0.4) is 0 Å². The summed E-state index contributed by atoms with van der Waals surface area (Å²) in [6.45, 7) is 5.32. The Balaban J connectivity index is 1.29. The minimum atomic E-state index is -0.358. The third kappa shape index (κ3) is 4.76. The quantitative estimate of drug-likeness (QED) is 0.531. The van der Waals surface area contributed by atoms with E-state index >= 15 is 0 Å². The topological polar surface area (TPSA) is 90.7 Å². The summed E-state index contributed by atoms with van der Waals surface area (Å²) >= 11 is 1.39. The summed E-state index contributed by atoms with van der Waals surface area (Å²) < 4.78 is 18.2. The predicted octanol–water partition coefficient (Wildman–Crippen LogP) is 2.63. The molecule has 1 amide bonds. The van der Waals surface area contributed by atoms with Gasteiger partial charge >= 0.3 is 0 Å². The van der Waals surface area contributed by atoms with Gasteiger partial charge in [-0.2, -0.15) is 0 Å². The molecule has 2 aliphatic rings. The summed E-state index contributed by atoms with van der Waals surface area (Å²) in [5.41, 5.74) is 1.91. The first-order valence-electron chi connectivity index (χ1n) is 10.9. The molecule has 10 heteroatoms. The van der Waals surface area contributed by atoms with E-state index in [0.717, 1.165) is 36.0 Å². The molecular weight excluding hydrogens is 442 g/mol. The smallest absolute Gasteiger partial charge is 0.233 e. The van der Waals surface area contributed by atoms with Crippen LogP contribution in [0.5, 0.6) is 11.5 Å². The van der Waals surface area contributed by atoms with Gasteiger partial charge < -0.3 is 24.4 Å². The summed E-state index contributed by atoms with van der Waals surface area (Å²) in [5.74, 6) is 2.12. The number of thioether (sulfide) groups is 1. The molecule has 33 heavy (non-hydrogen) atoms. The van der Waals surface area contributed by atoms with Crippen molar-refractivity contribution in [3.63, 3.8) is 0 Å². The highest BCUT2D eigenvalue weighted by atomic mass is 32.2. The number of anilines is 1. The molecule has 1 atom stereocenters. The molecule has 0 bridgehead atoms. The molecule has 0 aliphatic carbocycles. The van der Waals surface area contributed by atoms with Gasteiger partial charge in [0.25, 0.3) is 0 Å². The number of morpholine rings is 1. The average Bonchev–Trinajstić information content (AvgIpc) is 3.50. The normalized spacial score (nSPS) is 16.0. The fraction of sp³-hybridized carbons (Fsp3) is 0.348. The van der Waals surface area contributed by atoms with Crippen LogP contribution in [0.15, 0.2) is 53.7 Å². The van der Waals surface area contributed by atoms with E-state index in [-0.39, 0.29) is 18.0 Å². The molecule has 3 heterocycles. The number of nitrogens with zero attached hydrogens (tertiary/aromatic N) is 4.